The Hall–Kier alpha value is -4.78. The highest BCUT2D eigenvalue weighted by Crippen LogP contribution is 2.24. The smallest absolute Gasteiger partial charge is 0.315 e. The van der Waals surface area contributed by atoms with E-state index in [1.165, 1.54) is 11.3 Å². The summed E-state index contributed by atoms with van der Waals surface area (Å²) in [6.07, 6.45) is 1.48. The summed E-state index contributed by atoms with van der Waals surface area (Å²) in [6, 6.07) is 21.1. The number of urea groups is 1. The van der Waals surface area contributed by atoms with E-state index in [1.807, 2.05) is 107 Å². The molecular weight excluding hydrogens is 691 g/mol. The maximum absolute atomic E-state index is 14.7. The van der Waals surface area contributed by atoms with Crippen LogP contribution in [0.15, 0.2) is 91.0 Å². The van der Waals surface area contributed by atoms with E-state index in [4.69, 9.17) is 14.2 Å². The number of nitrogens with zero attached hydrogens (tertiary/aromatic N) is 2. The van der Waals surface area contributed by atoms with Crippen molar-refractivity contribution in [3.8, 4) is 5.75 Å². The number of carbonyl (C=O) groups is 3. The topological polar surface area (TPSA) is 131 Å². The van der Waals surface area contributed by atoms with Crippen LogP contribution in [0, 0.1) is 0 Å². The van der Waals surface area contributed by atoms with E-state index in [0.717, 1.165) is 26.9 Å². The zero-order valence-corrected chi connectivity index (χ0v) is 32.2. The number of aromatic nitrogens is 1. The Morgan fingerprint density at radius 1 is 0.925 bits per heavy atom. The molecule has 12 heteroatoms. The second-order valence-electron chi connectivity index (χ2n) is 13.6. The number of amides is 4. The minimum atomic E-state index is -0.952. The van der Waals surface area contributed by atoms with Gasteiger partial charge in [0.25, 0.3) is 0 Å². The molecule has 284 valence electrons. The fraction of sp³-hybridized carbons (Fsp3) is 0.415. The van der Waals surface area contributed by atoms with E-state index in [9.17, 15) is 14.4 Å². The van der Waals surface area contributed by atoms with Crippen molar-refractivity contribution in [1.29, 1.82) is 0 Å². The van der Waals surface area contributed by atoms with E-state index in [2.05, 4.69) is 27.5 Å². The summed E-state index contributed by atoms with van der Waals surface area (Å²) in [6.45, 7) is 15.0. The van der Waals surface area contributed by atoms with E-state index in [0.29, 0.717) is 31.9 Å². The summed E-state index contributed by atoms with van der Waals surface area (Å²) in [5.74, 6) is 0.00380. The van der Waals surface area contributed by atoms with Gasteiger partial charge in [0, 0.05) is 45.2 Å². The molecule has 0 aliphatic carbocycles. The number of thiazole rings is 1. The molecule has 11 nitrogen and oxygen atoms in total. The first-order chi connectivity index (χ1) is 25.5. The van der Waals surface area contributed by atoms with Crippen LogP contribution in [0.3, 0.4) is 0 Å². The van der Waals surface area contributed by atoms with Gasteiger partial charge in [0.2, 0.25) is 11.8 Å². The van der Waals surface area contributed by atoms with Crippen molar-refractivity contribution in [3.63, 3.8) is 0 Å². The molecule has 0 fully saturated rings. The van der Waals surface area contributed by atoms with E-state index in [-0.39, 0.29) is 43.3 Å². The minimum absolute atomic E-state index is 0.0639. The number of carbonyl (C=O) groups excluding carboxylic acids is 3. The quantitative estimate of drug-likeness (QED) is 0.0674. The molecule has 0 aliphatic rings. The summed E-state index contributed by atoms with van der Waals surface area (Å²) in [7, 11) is 0. The molecule has 4 aromatic rings. The number of ether oxygens (including phenoxy) is 3. The van der Waals surface area contributed by atoms with Crippen LogP contribution in [-0.4, -0.2) is 71.5 Å². The van der Waals surface area contributed by atoms with Crippen LogP contribution in [0.4, 0.5) is 4.79 Å². The van der Waals surface area contributed by atoms with Gasteiger partial charge in [-0.15, -0.1) is 17.9 Å². The zero-order valence-electron chi connectivity index (χ0n) is 31.4. The Morgan fingerprint density at radius 3 is 2.30 bits per heavy atom. The van der Waals surface area contributed by atoms with Crippen LogP contribution in [0.25, 0.3) is 10.2 Å². The maximum atomic E-state index is 14.7. The molecule has 2 atom stereocenters. The van der Waals surface area contributed by atoms with Gasteiger partial charge in [-0.3, -0.25) is 9.59 Å². The van der Waals surface area contributed by atoms with Gasteiger partial charge in [0.05, 0.1) is 22.3 Å². The Bertz CT molecular complexity index is 1750. The third-order valence-corrected chi connectivity index (χ3v) is 8.92. The predicted molar refractivity (Wildman–Crippen MR) is 210 cm³/mol. The Kier molecular flexibility index (Phi) is 15.8. The highest BCUT2D eigenvalue weighted by Gasteiger charge is 2.30. The summed E-state index contributed by atoms with van der Waals surface area (Å²) in [5, 5.41) is 8.74. The third-order valence-electron chi connectivity index (χ3n) is 8.13. The molecule has 4 amide bonds. The number of hydrogen-bond acceptors (Lipinski definition) is 8. The van der Waals surface area contributed by atoms with Crippen molar-refractivity contribution in [2.45, 2.75) is 90.9 Å². The second kappa shape index (κ2) is 20.5. The van der Waals surface area contributed by atoms with Gasteiger partial charge in [-0.1, -0.05) is 60.7 Å². The van der Waals surface area contributed by atoms with Crippen LogP contribution >= 0.6 is 11.3 Å². The predicted octanol–water partition coefficient (Wildman–Crippen LogP) is 6.76. The lowest BCUT2D eigenvalue weighted by Crippen LogP contribution is -2.52. The van der Waals surface area contributed by atoms with Gasteiger partial charge < -0.3 is 35.1 Å². The monoisotopic (exact) mass is 743 g/mol. The molecule has 1 aromatic heterocycles. The van der Waals surface area contributed by atoms with Crippen molar-refractivity contribution in [2.75, 3.05) is 19.8 Å². The number of benzene rings is 3. The molecule has 3 aromatic carbocycles. The van der Waals surface area contributed by atoms with Crippen molar-refractivity contribution in [2.24, 2.45) is 0 Å². The molecule has 4 rings (SSSR count). The molecule has 1 heterocycles. The van der Waals surface area contributed by atoms with Crippen LogP contribution in [0.2, 0.25) is 0 Å². The summed E-state index contributed by atoms with van der Waals surface area (Å²) >= 11 is 1.53. The SMILES string of the molecule is C=CC[C@H](CC(=O)N[C@@H](Cc1ccc(OC(C)(C)C)cc1)C(=O)N(Cc1cccc2scnc12)CC(OCC)OCC)NC(=O)NCc1ccccc1. The number of para-hydroxylation sites is 1. The van der Waals surface area contributed by atoms with Crippen LogP contribution in [-0.2, 0) is 38.6 Å². The van der Waals surface area contributed by atoms with Gasteiger partial charge in [-0.25, -0.2) is 9.78 Å². The highest BCUT2D eigenvalue weighted by atomic mass is 32.1. The first kappa shape index (κ1) is 41.0. The molecule has 0 saturated heterocycles. The molecule has 0 bridgehead atoms. The molecule has 0 spiro atoms. The Balaban J connectivity index is 1.58. The lowest BCUT2D eigenvalue weighted by atomic mass is 10.0. The lowest BCUT2D eigenvalue weighted by molar-refractivity contribution is -0.161. The van der Waals surface area contributed by atoms with Crippen molar-refractivity contribution in [3.05, 3.63) is 108 Å². The molecule has 0 unspecified atom stereocenters. The highest BCUT2D eigenvalue weighted by molar-refractivity contribution is 7.16. The largest absolute Gasteiger partial charge is 0.488 e. The molecule has 3 N–H and O–H groups in total. The molecule has 53 heavy (non-hydrogen) atoms. The normalized spacial score (nSPS) is 12.6. The average Bonchev–Trinajstić information content (AvgIpc) is 3.61. The van der Waals surface area contributed by atoms with Crippen molar-refractivity contribution < 1.29 is 28.6 Å². The number of nitrogens with one attached hydrogen (secondary N) is 3. The molecule has 0 radical (unpaired) electrons. The maximum Gasteiger partial charge on any atom is 0.315 e. The van der Waals surface area contributed by atoms with E-state index < -0.39 is 24.4 Å². The first-order valence-electron chi connectivity index (χ1n) is 18.1. The fourth-order valence-electron chi connectivity index (χ4n) is 5.81. The Labute approximate surface area is 317 Å². The lowest BCUT2D eigenvalue weighted by Gasteiger charge is -2.31. The molecule has 0 saturated carbocycles. The van der Waals surface area contributed by atoms with Crippen LogP contribution in [0.5, 0.6) is 5.75 Å². The van der Waals surface area contributed by atoms with Crippen molar-refractivity contribution >= 4 is 39.4 Å². The first-order valence-corrected chi connectivity index (χ1v) is 19.0. The van der Waals surface area contributed by atoms with Crippen LogP contribution in [0.1, 0.15) is 64.2 Å². The third kappa shape index (κ3) is 13.6. The fourth-order valence-corrected chi connectivity index (χ4v) is 6.53. The van der Waals surface area contributed by atoms with Crippen molar-refractivity contribution in [1.82, 2.24) is 25.8 Å². The number of hydrogen-bond donors (Lipinski definition) is 3. The average molecular weight is 744 g/mol. The Morgan fingerprint density at radius 2 is 1.64 bits per heavy atom. The second-order valence-corrected chi connectivity index (χ2v) is 14.5. The zero-order chi connectivity index (χ0) is 38.2. The molecular formula is C41H53N5O6S. The standard InChI is InChI=1S/C41H53N5O6S/c1-7-14-32(44-40(49)42-25-30-15-11-10-12-16-30)24-36(47)45-34(23-29-19-21-33(22-20-29)52-41(4,5)6)39(48)46(27-37(50-8-2)51-9-3)26-31-17-13-18-35-38(31)43-28-53-35/h7,10-13,15-22,28,32,34,37H,1,8-9,14,23-27H2,2-6H3,(H,45,47)(H2,42,44,49)/t32-,34+/m1/s1. The summed E-state index contributed by atoms with van der Waals surface area (Å²) < 4.78 is 18.8. The van der Waals surface area contributed by atoms with E-state index in [1.54, 1.807) is 16.5 Å². The van der Waals surface area contributed by atoms with Gasteiger partial charge in [-0.2, -0.15) is 0 Å². The van der Waals surface area contributed by atoms with Gasteiger partial charge in [0.15, 0.2) is 6.29 Å². The summed E-state index contributed by atoms with van der Waals surface area (Å²) in [4.78, 5) is 47.6. The van der Waals surface area contributed by atoms with Gasteiger partial charge in [0.1, 0.15) is 17.4 Å². The van der Waals surface area contributed by atoms with Crippen LogP contribution < -0.4 is 20.7 Å². The van der Waals surface area contributed by atoms with Gasteiger partial charge in [-0.05, 0) is 75.9 Å². The summed E-state index contributed by atoms with van der Waals surface area (Å²) in [5.41, 5.74) is 4.88. The van der Waals surface area contributed by atoms with E-state index >= 15 is 0 Å². The minimum Gasteiger partial charge on any atom is -0.488 e. The molecule has 0 aliphatic heterocycles. The number of rotatable bonds is 20. The number of fused-ring (bicyclic) bond motifs is 1. The van der Waals surface area contributed by atoms with Gasteiger partial charge >= 0.3 is 6.03 Å².